The first-order chi connectivity index (χ1) is 7.76. The average Bonchev–Trinajstić information content (AvgIpc) is 2.28. The van der Waals surface area contributed by atoms with Gasteiger partial charge in [0, 0.05) is 11.4 Å². The van der Waals surface area contributed by atoms with E-state index >= 15 is 0 Å². The molecule has 0 saturated heterocycles. The Morgan fingerprint density at radius 3 is 2.62 bits per heavy atom. The number of hydrogen-bond acceptors (Lipinski definition) is 4. The van der Waals surface area contributed by atoms with Crippen LogP contribution in [0.4, 0.5) is 0 Å². The number of aromatic nitrogens is 2. The summed E-state index contributed by atoms with van der Waals surface area (Å²) < 4.78 is 0. The Morgan fingerprint density at radius 1 is 1.19 bits per heavy atom. The second-order valence-corrected chi connectivity index (χ2v) is 4.67. The summed E-state index contributed by atoms with van der Waals surface area (Å²) in [6.07, 6.45) is 7.51. The maximum absolute atomic E-state index is 5.47. The van der Waals surface area contributed by atoms with Crippen molar-refractivity contribution in [2.45, 2.75) is 57.5 Å². The molecular weight excluding hydrogens is 218 g/mol. The zero-order chi connectivity index (χ0) is 11.8. The lowest BCUT2D eigenvalue weighted by atomic mass is 10.1. The largest absolute Gasteiger partial charge is 0.271 e. The van der Waals surface area contributed by atoms with E-state index in [9.17, 15) is 0 Å². The number of hydrogen-bond donors (Lipinski definition) is 1. The van der Waals surface area contributed by atoms with Gasteiger partial charge in [-0.25, -0.2) is 9.97 Å². The van der Waals surface area contributed by atoms with E-state index in [1.165, 1.54) is 32.1 Å². The quantitative estimate of drug-likeness (QED) is 0.451. The third-order valence-corrected chi connectivity index (χ3v) is 2.92. The topological polar surface area (TPSA) is 51.8 Å². The Balaban J connectivity index is 2.38. The molecule has 90 valence electrons. The minimum atomic E-state index is 0.684. The third kappa shape index (κ3) is 4.94. The molecule has 4 heteroatoms. The van der Waals surface area contributed by atoms with Crippen molar-refractivity contribution >= 4 is 11.9 Å². The fourth-order valence-corrected chi connectivity index (χ4v) is 2.06. The van der Waals surface area contributed by atoms with Gasteiger partial charge in [-0.05, 0) is 37.8 Å². The molecule has 0 aliphatic rings. The minimum absolute atomic E-state index is 0.684. The Morgan fingerprint density at radius 2 is 1.94 bits per heavy atom. The maximum atomic E-state index is 5.47. The van der Waals surface area contributed by atoms with Crippen LogP contribution in [0.25, 0.3) is 0 Å². The summed E-state index contributed by atoms with van der Waals surface area (Å²) in [5.41, 5.74) is 2.13. The molecule has 1 aromatic rings. The van der Waals surface area contributed by atoms with Crippen LogP contribution in [0.15, 0.2) is 11.2 Å². The lowest BCUT2D eigenvalue weighted by Crippen LogP contribution is -1.98. The van der Waals surface area contributed by atoms with Crippen LogP contribution in [0.2, 0.25) is 0 Å². The number of nitrogens with zero attached hydrogens (tertiary/aromatic N) is 2. The maximum Gasteiger partial charge on any atom is 0.203 e. The van der Waals surface area contributed by atoms with Crippen LogP contribution in [-0.4, -0.2) is 9.97 Å². The van der Waals surface area contributed by atoms with Gasteiger partial charge in [-0.1, -0.05) is 32.6 Å². The second-order valence-electron chi connectivity index (χ2n) is 4.07. The molecule has 0 aromatic carbocycles. The molecule has 2 N–H and O–H groups in total. The Labute approximate surface area is 102 Å². The molecule has 1 aromatic heterocycles. The molecule has 0 unspecified atom stereocenters. The number of aryl methyl sites for hydroxylation is 2. The molecule has 0 saturated carbocycles. The van der Waals surface area contributed by atoms with E-state index in [0.717, 1.165) is 29.8 Å². The van der Waals surface area contributed by atoms with Crippen molar-refractivity contribution in [1.29, 1.82) is 0 Å². The number of unbranched alkanes of at least 4 members (excludes halogenated alkanes) is 4. The van der Waals surface area contributed by atoms with Gasteiger partial charge in [0.15, 0.2) is 0 Å². The molecule has 16 heavy (non-hydrogen) atoms. The highest BCUT2D eigenvalue weighted by Crippen LogP contribution is 2.11. The van der Waals surface area contributed by atoms with Gasteiger partial charge in [0.1, 0.15) is 0 Å². The molecule has 0 amide bonds. The highest BCUT2D eigenvalue weighted by Gasteiger charge is 2.01. The van der Waals surface area contributed by atoms with Crippen LogP contribution in [0, 0.1) is 6.92 Å². The molecule has 1 heterocycles. The van der Waals surface area contributed by atoms with E-state index in [1.807, 2.05) is 6.92 Å². The van der Waals surface area contributed by atoms with Crippen molar-refractivity contribution < 1.29 is 0 Å². The van der Waals surface area contributed by atoms with Gasteiger partial charge < -0.3 is 0 Å². The van der Waals surface area contributed by atoms with Crippen molar-refractivity contribution in [2.24, 2.45) is 5.14 Å². The number of nitrogens with two attached hydrogens (primary N) is 1. The summed E-state index contributed by atoms with van der Waals surface area (Å²) in [5, 5.41) is 6.16. The van der Waals surface area contributed by atoms with Gasteiger partial charge in [-0.3, -0.25) is 5.14 Å². The van der Waals surface area contributed by atoms with Gasteiger partial charge in [-0.15, -0.1) is 0 Å². The van der Waals surface area contributed by atoms with E-state index in [2.05, 4.69) is 23.0 Å². The van der Waals surface area contributed by atoms with E-state index in [4.69, 9.17) is 5.14 Å². The van der Waals surface area contributed by atoms with Gasteiger partial charge in [-0.2, -0.15) is 0 Å². The Kier molecular flexibility index (Phi) is 6.42. The molecule has 1 rings (SSSR count). The third-order valence-electron chi connectivity index (χ3n) is 2.53. The average molecular weight is 239 g/mol. The van der Waals surface area contributed by atoms with Crippen molar-refractivity contribution in [1.82, 2.24) is 9.97 Å². The predicted octanol–water partition coefficient (Wildman–Crippen LogP) is 3.26. The molecule has 3 nitrogen and oxygen atoms in total. The molecule has 0 aliphatic heterocycles. The zero-order valence-corrected chi connectivity index (χ0v) is 11.0. The first kappa shape index (κ1) is 13.5. The Bertz CT molecular complexity index is 315. The fraction of sp³-hybridized carbons (Fsp3) is 0.667. The molecule has 0 aliphatic carbocycles. The predicted molar refractivity (Wildman–Crippen MR) is 69.3 cm³/mol. The summed E-state index contributed by atoms with van der Waals surface area (Å²) in [7, 11) is 0. The first-order valence-corrected chi connectivity index (χ1v) is 6.85. The van der Waals surface area contributed by atoms with Crippen LogP contribution < -0.4 is 5.14 Å². The van der Waals surface area contributed by atoms with Crippen LogP contribution in [0.1, 0.15) is 50.4 Å². The van der Waals surface area contributed by atoms with Gasteiger partial charge in [0.2, 0.25) is 5.16 Å². The normalized spacial score (nSPS) is 10.7. The lowest BCUT2D eigenvalue weighted by Gasteiger charge is -2.04. The first-order valence-electron chi connectivity index (χ1n) is 5.97. The fourth-order valence-electron chi connectivity index (χ4n) is 1.69. The highest BCUT2D eigenvalue weighted by atomic mass is 32.2. The molecule has 0 spiro atoms. The molecule has 0 bridgehead atoms. The van der Waals surface area contributed by atoms with Crippen molar-refractivity contribution in [3.05, 3.63) is 17.5 Å². The minimum Gasteiger partial charge on any atom is -0.271 e. The molecule has 0 atom stereocenters. The summed E-state index contributed by atoms with van der Waals surface area (Å²) in [5.74, 6) is 0. The molecule has 0 radical (unpaired) electrons. The van der Waals surface area contributed by atoms with E-state index in [1.54, 1.807) is 0 Å². The smallest absolute Gasteiger partial charge is 0.203 e. The van der Waals surface area contributed by atoms with Crippen molar-refractivity contribution in [3.8, 4) is 0 Å². The summed E-state index contributed by atoms with van der Waals surface area (Å²) in [6.45, 7) is 4.22. The SMILES string of the molecule is CCCCCCCc1cc(C)nc(SN)n1. The van der Waals surface area contributed by atoms with Crippen LogP contribution in [0.5, 0.6) is 0 Å². The van der Waals surface area contributed by atoms with Gasteiger partial charge >= 0.3 is 0 Å². The van der Waals surface area contributed by atoms with Gasteiger partial charge in [0.25, 0.3) is 0 Å². The van der Waals surface area contributed by atoms with E-state index < -0.39 is 0 Å². The molecule has 0 fully saturated rings. The van der Waals surface area contributed by atoms with E-state index in [-0.39, 0.29) is 0 Å². The standard InChI is InChI=1S/C12H21N3S/c1-3-4-5-6-7-8-11-9-10(2)14-12(15-11)16-13/h9H,3-8,13H2,1-2H3. The lowest BCUT2D eigenvalue weighted by molar-refractivity contribution is 0.625. The van der Waals surface area contributed by atoms with Crippen molar-refractivity contribution in [3.63, 3.8) is 0 Å². The zero-order valence-electron chi connectivity index (χ0n) is 10.2. The van der Waals surface area contributed by atoms with Crippen LogP contribution in [0.3, 0.4) is 0 Å². The monoisotopic (exact) mass is 239 g/mol. The molecular formula is C12H21N3S. The van der Waals surface area contributed by atoms with Crippen LogP contribution >= 0.6 is 11.9 Å². The second kappa shape index (κ2) is 7.63. The summed E-state index contributed by atoms with van der Waals surface area (Å²) in [6, 6.07) is 2.06. The van der Waals surface area contributed by atoms with Crippen molar-refractivity contribution in [2.75, 3.05) is 0 Å². The highest BCUT2D eigenvalue weighted by molar-refractivity contribution is 7.96. The van der Waals surface area contributed by atoms with Crippen LogP contribution in [-0.2, 0) is 6.42 Å². The number of rotatable bonds is 7. The summed E-state index contributed by atoms with van der Waals surface area (Å²) >= 11 is 1.12. The summed E-state index contributed by atoms with van der Waals surface area (Å²) in [4.78, 5) is 8.63. The van der Waals surface area contributed by atoms with Gasteiger partial charge in [0.05, 0.1) is 0 Å². The Hall–Kier alpha value is -0.610. The van der Waals surface area contributed by atoms with E-state index in [0.29, 0.717) is 5.16 Å².